The van der Waals surface area contributed by atoms with Crippen LogP contribution in [-0.2, 0) is 27.1 Å². The summed E-state index contributed by atoms with van der Waals surface area (Å²) in [5.74, 6) is 2.37. The van der Waals surface area contributed by atoms with E-state index < -0.39 is 0 Å². The van der Waals surface area contributed by atoms with Crippen LogP contribution in [0.25, 0.3) is 93.8 Å². The average Bonchev–Trinajstić information content (AvgIpc) is 4.07. The molecule has 2 aliphatic rings. The molecule has 5 heteroatoms. The van der Waals surface area contributed by atoms with E-state index in [0.29, 0.717) is 0 Å². The normalized spacial score (nSPS) is 16.1. The number of pyridine rings is 1. The maximum Gasteiger partial charge on any atom is 0.269 e. The van der Waals surface area contributed by atoms with E-state index in [0.717, 1.165) is 69.0 Å². The lowest BCUT2D eigenvalue weighted by molar-refractivity contribution is -0.571. The van der Waals surface area contributed by atoms with E-state index in [2.05, 4.69) is 272 Å². The maximum atomic E-state index is 6.90. The second-order valence-corrected chi connectivity index (χ2v) is 26.5. The Hall–Kier alpha value is -8.28. The second-order valence-electron chi connectivity index (χ2n) is 26.5. The number of imidazole rings is 1. The Kier molecular flexibility index (Phi) is 10.6. The van der Waals surface area contributed by atoms with Crippen LogP contribution >= 0.6 is 0 Å². The predicted octanol–water partition coefficient (Wildman–Crippen LogP) is 18.8. The molecule has 0 saturated heterocycles. The first-order valence-corrected chi connectivity index (χ1v) is 28.3. The van der Waals surface area contributed by atoms with Crippen LogP contribution in [0.3, 0.4) is 0 Å². The van der Waals surface area contributed by atoms with Gasteiger partial charge in [-0.15, -0.1) is 0 Å². The minimum atomic E-state index is -0.0379. The average molecular weight is 1030 g/mol. The van der Waals surface area contributed by atoms with Crippen LogP contribution in [-0.4, -0.2) is 14.1 Å². The summed E-state index contributed by atoms with van der Waals surface area (Å²) in [6.45, 7) is 26.2. The quantitative estimate of drug-likeness (QED) is 0.118. The molecule has 0 spiro atoms. The van der Waals surface area contributed by atoms with E-state index in [1.54, 1.807) is 0 Å². The van der Waals surface area contributed by atoms with Crippen molar-refractivity contribution >= 4 is 54.4 Å². The van der Waals surface area contributed by atoms with E-state index in [1.807, 2.05) is 12.3 Å². The van der Waals surface area contributed by atoms with Gasteiger partial charge in [0.25, 0.3) is 6.33 Å². The molecule has 79 heavy (non-hydrogen) atoms. The summed E-state index contributed by atoms with van der Waals surface area (Å²) in [6.07, 6.45) is 8.07. The molecular formula is C74H68N4O. The number of nitrogens with zero attached hydrogens (tertiary/aromatic N) is 4. The van der Waals surface area contributed by atoms with Crippen molar-refractivity contribution in [2.24, 2.45) is 0 Å². The number of fused-ring (bicyclic) bond motifs is 4. The lowest BCUT2D eigenvalue weighted by atomic mass is 9.61. The molecule has 0 N–H and O–H groups in total. The fourth-order valence-electron chi connectivity index (χ4n) is 14.7. The molecular weight excluding hydrogens is 961 g/mol. The molecule has 9 aromatic carbocycles. The highest BCUT2D eigenvalue weighted by Gasteiger charge is 2.41. The van der Waals surface area contributed by atoms with Gasteiger partial charge in [-0.1, -0.05) is 191 Å². The van der Waals surface area contributed by atoms with E-state index in [1.165, 1.54) is 77.0 Å². The van der Waals surface area contributed by atoms with Gasteiger partial charge in [0.1, 0.15) is 17.3 Å². The number of rotatable bonds is 7. The summed E-state index contributed by atoms with van der Waals surface area (Å²) >= 11 is 0. The molecule has 0 fully saturated rings. The van der Waals surface area contributed by atoms with Gasteiger partial charge in [-0.3, -0.25) is 13.7 Å². The van der Waals surface area contributed by atoms with E-state index in [-0.39, 0.29) is 27.1 Å². The van der Waals surface area contributed by atoms with Crippen LogP contribution in [0.1, 0.15) is 117 Å². The Morgan fingerprint density at radius 1 is 0.494 bits per heavy atom. The molecule has 2 aliphatic carbocycles. The van der Waals surface area contributed by atoms with Crippen molar-refractivity contribution < 1.29 is 9.30 Å². The van der Waals surface area contributed by atoms with E-state index in [4.69, 9.17) is 9.72 Å². The first-order chi connectivity index (χ1) is 37.7. The Balaban J connectivity index is 0.950. The Bertz CT molecular complexity index is 4380. The third-order valence-corrected chi connectivity index (χ3v) is 17.9. The van der Waals surface area contributed by atoms with E-state index >= 15 is 0 Å². The number of para-hydroxylation sites is 4. The zero-order chi connectivity index (χ0) is 54.5. The molecule has 3 heterocycles. The molecule has 12 aromatic rings. The van der Waals surface area contributed by atoms with Gasteiger partial charge in [0, 0.05) is 23.0 Å². The predicted molar refractivity (Wildman–Crippen MR) is 328 cm³/mol. The lowest BCUT2D eigenvalue weighted by Gasteiger charge is -2.43. The molecule has 0 unspecified atom stereocenters. The number of hydrogen-bond acceptors (Lipinski definition) is 2. The molecule has 14 rings (SSSR count). The Labute approximate surface area is 464 Å². The fraction of sp³-hybridized carbons (Fsp3) is 0.243. The third kappa shape index (κ3) is 7.78. The van der Waals surface area contributed by atoms with Crippen molar-refractivity contribution in [2.75, 3.05) is 0 Å². The van der Waals surface area contributed by atoms with Crippen molar-refractivity contribution in [2.45, 2.75) is 116 Å². The SMILES string of the molecule is CC(C)(C)c1ccnc(-n2c3ccccc3c3ccc(Oc4cccc(-n5[c-][n+](-c6c(-c7cc8c9c(cccc9c7)C(C)(C)CC8(C)C)cccc6-c6cc7c8c(cccc8c6)C(C)(C)CC7(C)C)c6ccccc65)c4)cc32)c1. The highest BCUT2D eigenvalue weighted by molar-refractivity contribution is 6.09. The monoisotopic (exact) mass is 1030 g/mol. The third-order valence-electron chi connectivity index (χ3n) is 17.9. The Morgan fingerprint density at radius 3 is 1.70 bits per heavy atom. The molecule has 0 saturated carbocycles. The summed E-state index contributed by atoms with van der Waals surface area (Å²) in [7, 11) is 0. The van der Waals surface area contributed by atoms with Crippen molar-refractivity contribution in [1.82, 2.24) is 14.1 Å². The number of aromatic nitrogens is 4. The van der Waals surface area contributed by atoms with Crippen molar-refractivity contribution in [3.8, 4) is 50.9 Å². The largest absolute Gasteiger partial charge is 0.458 e. The summed E-state index contributed by atoms with van der Waals surface area (Å²) in [5, 5.41) is 7.71. The number of benzene rings is 9. The molecule has 0 atom stereocenters. The molecule has 0 bridgehead atoms. The van der Waals surface area contributed by atoms with Crippen LogP contribution in [0.15, 0.2) is 188 Å². The molecule has 390 valence electrons. The highest BCUT2D eigenvalue weighted by Crippen LogP contribution is 2.53. The zero-order valence-corrected chi connectivity index (χ0v) is 47.5. The fourth-order valence-corrected chi connectivity index (χ4v) is 14.7. The molecule has 0 aliphatic heterocycles. The molecule has 0 amide bonds. The van der Waals surface area contributed by atoms with Crippen molar-refractivity contribution in [3.05, 3.63) is 222 Å². The van der Waals surface area contributed by atoms with Crippen molar-refractivity contribution in [3.63, 3.8) is 0 Å². The number of hydrogen-bond donors (Lipinski definition) is 0. The van der Waals surface area contributed by atoms with Crippen molar-refractivity contribution in [1.29, 1.82) is 0 Å². The van der Waals surface area contributed by atoms with Gasteiger partial charge in [-0.05, 0) is 172 Å². The van der Waals surface area contributed by atoms with Crippen LogP contribution in [0.2, 0.25) is 0 Å². The van der Waals surface area contributed by atoms with Gasteiger partial charge < -0.3 is 4.74 Å². The summed E-state index contributed by atoms with van der Waals surface area (Å²) in [5.41, 5.74) is 18.0. The first kappa shape index (κ1) is 49.0. The molecule has 0 radical (unpaired) electrons. The minimum absolute atomic E-state index is 0.0257. The zero-order valence-electron chi connectivity index (χ0n) is 47.5. The lowest BCUT2D eigenvalue weighted by Crippen LogP contribution is -2.35. The van der Waals surface area contributed by atoms with Crippen LogP contribution in [0, 0.1) is 6.33 Å². The van der Waals surface area contributed by atoms with Crippen LogP contribution in [0.4, 0.5) is 0 Å². The summed E-state index contributed by atoms with van der Waals surface area (Å²) in [6, 6.07) is 67.3. The topological polar surface area (TPSA) is 35.9 Å². The van der Waals surface area contributed by atoms with Gasteiger partial charge in [-0.2, -0.15) is 0 Å². The van der Waals surface area contributed by atoms with Gasteiger partial charge in [0.05, 0.1) is 33.4 Å². The molecule has 5 nitrogen and oxygen atoms in total. The summed E-state index contributed by atoms with van der Waals surface area (Å²) < 4.78 is 13.7. The van der Waals surface area contributed by atoms with E-state index in [9.17, 15) is 0 Å². The second kappa shape index (κ2) is 17.1. The Morgan fingerprint density at radius 2 is 1.05 bits per heavy atom. The van der Waals surface area contributed by atoms with Gasteiger partial charge >= 0.3 is 0 Å². The van der Waals surface area contributed by atoms with Crippen LogP contribution < -0.4 is 9.30 Å². The van der Waals surface area contributed by atoms with Gasteiger partial charge in [0.15, 0.2) is 0 Å². The maximum absolute atomic E-state index is 6.90. The number of ether oxygens (including phenoxy) is 1. The minimum Gasteiger partial charge on any atom is -0.458 e. The van der Waals surface area contributed by atoms with Crippen LogP contribution in [0.5, 0.6) is 11.5 Å². The smallest absolute Gasteiger partial charge is 0.269 e. The van der Waals surface area contributed by atoms with Gasteiger partial charge in [0.2, 0.25) is 0 Å². The standard InChI is InChI=1S/C74H68N4O/c1-70(2,3)50-34-35-75-66(40-50)78-62-29-13-12-24-56(62)57-33-32-53(42-65(57)78)79-52-23-18-22-51(41-52)76-45-77(64-31-15-14-30-63(64)76)69-54(48-36-46-20-16-27-58-67(46)60(38-48)73(8,9)43-71(58,4)5)25-19-26-55(69)49-37-47-21-17-28-59-68(47)61(39-49)74(10,11)44-72(59,6)7/h12-42H,43-44H2,1-11H3. The highest BCUT2D eigenvalue weighted by atomic mass is 16.5. The first-order valence-electron chi connectivity index (χ1n) is 28.3. The summed E-state index contributed by atoms with van der Waals surface area (Å²) in [4.78, 5) is 4.93. The molecule has 3 aromatic heterocycles. The van der Waals surface area contributed by atoms with Gasteiger partial charge in [-0.25, -0.2) is 4.98 Å².